The van der Waals surface area contributed by atoms with Crippen molar-refractivity contribution in [2.24, 2.45) is 11.5 Å². The molecule has 0 unspecified atom stereocenters. The van der Waals surface area contributed by atoms with Gasteiger partial charge in [-0.15, -0.1) is 0 Å². The van der Waals surface area contributed by atoms with Crippen LogP contribution in [-0.4, -0.2) is 12.5 Å². The van der Waals surface area contributed by atoms with Gasteiger partial charge in [0.05, 0.1) is 6.54 Å². The van der Waals surface area contributed by atoms with Crippen molar-refractivity contribution in [1.82, 2.24) is 0 Å². The van der Waals surface area contributed by atoms with Crippen LogP contribution in [0.1, 0.15) is 0 Å². The molecule has 0 spiro atoms. The largest absolute Gasteiger partial charge is 0.324 e. The molecule has 1 rings (SSSR count). The van der Waals surface area contributed by atoms with E-state index in [1.54, 1.807) is 0 Å². The van der Waals surface area contributed by atoms with E-state index in [1.165, 1.54) is 0 Å². The van der Waals surface area contributed by atoms with Gasteiger partial charge < -0.3 is 5.73 Å². The first-order valence-electron chi connectivity index (χ1n) is 1.63. The number of rotatable bonds is 1. The van der Waals surface area contributed by atoms with Gasteiger partial charge >= 0.3 is 0 Å². The average Bonchev–Trinajstić information content (AvgIpc) is 2.22. The van der Waals surface area contributed by atoms with Crippen LogP contribution in [0, 0.1) is 0 Å². The summed E-state index contributed by atoms with van der Waals surface area (Å²) in [6.07, 6.45) is 0. The van der Waals surface area contributed by atoms with Gasteiger partial charge in [0.15, 0.2) is 0 Å². The second-order valence-electron chi connectivity index (χ2n) is 1.18. The van der Waals surface area contributed by atoms with Gasteiger partial charge in [-0.2, -0.15) is 9.78 Å². The molecule has 0 aliphatic carbocycles. The molecular formula is C2H6N2O2. The summed E-state index contributed by atoms with van der Waals surface area (Å²) in [6, 6.07) is 0. The minimum absolute atomic E-state index is 0.215. The zero-order chi connectivity index (χ0) is 4.62. The molecule has 0 aromatic carbocycles. The molecule has 1 heterocycles. The van der Waals surface area contributed by atoms with Gasteiger partial charge in [0.2, 0.25) is 0 Å². The van der Waals surface area contributed by atoms with E-state index in [0.29, 0.717) is 0 Å². The van der Waals surface area contributed by atoms with Crippen LogP contribution in [0.15, 0.2) is 0 Å². The quantitative estimate of drug-likeness (QED) is 0.304. The lowest BCUT2D eigenvalue weighted by molar-refractivity contribution is 0.0850. The Balaban J connectivity index is 2.28. The van der Waals surface area contributed by atoms with Crippen molar-refractivity contribution >= 4 is 0 Å². The maximum absolute atomic E-state index is 5.08. The van der Waals surface area contributed by atoms with Crippen molar-refractivity contribution in [1.29, 1.82) is 0 Å². The lowest BCUT2D eigenvalue weighted by Gasteiger charge is -1.86. The SMILES string of the molecule is NCC1(N)OO1. The molecular weight excluding hydrogens is 84.0 g/mol. The van der Waals surface area contributed by atoms with Gasteiger partial charge in [0.1, 0.15) is 0 Å². The summed E-state index contributed by atoms with van der Waals surface area (Å²) >= 11 is 0. The fourth-order valence-electron chi connectivity index (χ4n) is 0.122. The molecule has 1 saturated heterocycles. The van der Waals surface area contributed by atoms with Gasteiger partial charge in [-0.1, -0.05) is 0 Å². The summed E-state index contributed by atoms with van der Waals surface area (Å²) in [5.74, 6) is -0.931. The smallest absolute Gasteiger partial charge is 0.297 e. The molecule has 0 aromatic heterocycles. The molecule has 0 amide bonds. The standard InChI is InChI=1S/C2H6N2O2/c3-1-2(4)5-6-2/h1,3-4H2. The van der Waals surface area contributed by atoms with Gasteiger partial charge in [-0.3, -0.25) is 5.73 Å². The van der Waals surface area contributed by atoms with Gasteiger partial charge in [0.25, 0.3) is 5.91 Å². The first-order chi connectivity index (χ1) is 2.77. The van der Waals surface area contributed by atoms with Crippen molar-refractivity contribution < 1.29 is 9.78 Å². The second kappa shape index (κ2) is 0.913. The Kier molecular flexibility index (Phi) is 0.611. The van der Waals surface area contributed by atoms with E-state index in [0.717, 1.165) is 0 Å². The molecule has 0 saturated carbocycles. The Hall–Kier alpha value is -0.160. The van der Waals surface area contributed by atoms with Crippen molar-refractivity contribution in [2.75, 3.05) is 6.54 Å². The lowest BCUT2D eigenvalue weighted by Crippen LogP contribution is -2.32. The molecule has 1 aliphatic heterocycles. The molecule has 0 aromatic rings. The zero-order valence-electron chi connectivity index (χ0n) is 3.18. The topological polar surface area (TPSA) is 77.1 Å². The lowest BCUT2D eigenvalue weighted by atomic mass is 10.6. The van der Waals surface area contributed by atoms with Crippen LogP contribution in [0.5, 0.6) is 0 Å². The molecule has 0 bridgehead atoms. The molecule has 4 heteroatoms. The van der Waals surface area contributed by atoms with Crippen molar-refractivity contribution in [3.63, 3.8) is 0 Å². The van der Waals surface area contributed by atoms with Gasteiger partial charge in [-0.05, 0) is 0 Å². The van der Waals surface area contributed by atoms with E-state index in [1.807, 2.05) is 0 Å². The monoisotopic (exact) mass is 90.0 g/mol. The molecule has 1 fully saturated rings. The number of hydrogen-bond donors (Lipinski definition) is 2. The molecule has 4 nitrogen and oxygen atoms in total. The predicted molar refractivity (Wildman–Crippen MR) is 18.1 cm³/mol. The van der Waals surface area contributed by atoms with Crippen LogP contribution in [-0.2, 0) is 9.78 Å². The van der Waals surface area contributed by atoms with Crippen LogP contribution >= 0.6 is 0 Å². The van der Waals surface area contributed by atoms with E-state index in [2.05, 4.69) is 9.78 Å². The molecule has 1 aliphatic rings. The summed E-state index contributed by atoms with van der Waals surface area (Å²) in [5, 5.41) is 0. The summed E-state index contributed by atoms with van der Waals surface area (Å²) < 4.78 is 0. The molecule has 4 N–H and O–H groups in total. The molecule has 6 heavy (non-hydrogen) atoms. The first kappa shape index (κ1) is 4.01. The Labute approximate surface area is 34.9 Å². The van der Waals surface area contributed by atoms with E-state index in [9.17, 15) is 0 Å². The summed E-state index contributed by atoms with van der Waals surface area (Å²) in [6.45, 7) is 0.215. The minimum Gasteiger partial charge on any atom is -0.324 e. The Bertz CT molecular complexity index is 60.6. The molecule has 0 atom stereocenters. The number of hydrogen-bond acceptors (Lipinski definition) is 4. The Morgan fingerprint density at radius 1 is 1.50 bits per heavy atom. The summed E-state index contributed by atoms with van der Waals surface area (Å²) in [7, 11) is 0. The van der Waals surface area contributed by atoms with Crippen LogP contribution < -0.4 is 11.5 Å². The van der Waals surface area contributed by atoms with E-state index in [-0.39, 0.29) is 6.54 Å². The maximum Gasteiger partial charge on any atom is 0.297 e. The zero-order valence-corrected chi connectivity index (χ0v) is 3.18. The van der Waals surface area contributed by atoms with Crippen molar-refractivity contribution in [3.05, 3.63) is 0 Å². The first-order valence-corrected chi connectivity index (χ1v) is 1.63. The van der Waals surface area contributed by atoms with Crippen molar-refractivity contribution in [2.45, 2.75) is 5.91 Å². The highest BCUT2D eigenvalue weighted by atomic mass is 17.4. The minimum atomic E-state index is -0.931. The van der Waals surface area contributed by atoms with Gasteiger partial charge in [-0.25, -0.2) is 0 Å². The van der Waals surface area contributed by atoms with Crippen molar-refractivity contribution in [3.8, 4) is 0 Å². The molecule has 0 radical (unpaired) electrons. The van der Waals surface area contributed by atoms with Gasteiger partial charge in [0, 0.05) is 0 Å². The van der Waals surface area contributed by atoms with E-state index >= 15 is 0 Å². The normalized spacial score (nSPS) is 27.0. The Morgan fingerprint density at radius 2 is 2.00 bits per heavy atom. The molecule has 36 valence electrons. The van der Waals surface area contributed by atoms with Crippen LogP contribution in [0.3, 0.4) is 0 Å². The average molecular weight is 90.1 g/mol. The summed E-state index contributed by atoms with van der Waals surface area (Å²) in [5.41, 5.74) is 10.1. The van der Waals surface area contributed by atoms with Crippen LogP contribution in [0.4, 0.5) is 0 Å². The fraction of sp³-hybridized carbons (Fsp3) is 1.00. The highest BCUT2D eigenvalue weighted by Crippen LogP contribution is 2.19. The van der Waals surface area contributed by atoms with Crippen LogP contribution in [0.25, 0.3) is 0 Å². The predicted octanol–water partition coefficient (Wildman–Crippen LogP) is -1.48. The second-order valence-corrected chi connectivity index (χ2v) is 1.18. The summed E-state index contributed by atoms with van der Waals surface area (Å²) in [4.78, 5) is 8.40. The number of nitrogens with two attached hydrogens (primary N) is 2. The van der Waals surface area contributed by atoms with E-state index < -0.39 is 5.91 Å². The highest BCUT2D eigenvalue weighted by molar-refractivity contribution is 4.63. The third kappa shape index (κ3) is 0.504. The Morgan fingerprint density at radius 3 is 2.00 bits per heavy atom. The highest BCUT2D eigenvalue weighted by Gasteiger charge is 2.42. The third-order valence-electron chi connectivity index (χ3n) is 0.582. The fourth-order valence-corrected chi connectivity index (χ4v) is 0.122. The van der Waals surface area contributed by atoms with E-state index in [4.69, 9.17) is 11.5 Å². The maximum atomic E-state index is 5.08. The third-order valence-corrected chi connectivity index (χ3v) is 0.582. The van der Waals surface area contributed by atoms with Crippen LogP contribution in [0.2, 0.25) is 0 Å².